The summed E-state index contributed by atoms with van der Waals surface area (Å²) in [6, 6.07) is 17.7. The third-order valence-electron chi connectivity index (χ3n) is 6.85. The van der Waals surface area contributed by atoms with Crippen molar-refractivity contribution >= 4 is 33.8 Å². The summed E-state index contributed by atoms with van der Waals surface area (Å²) in [5.41, 5.74) is 3.13. The van der Waals surface area contributed by atoms with E-state index in [-0.39, 0.29) is 0 Å². The van der Waals surface area contributed by atoms with E-state index in [0.29, 0.717) is 11.3 Å². The molecule has 186 valence electrons. The van der Waals surface area contributed by atoms with E-state index in [1.165, 1.54) is 0 Å². The summed E-state index contributed by atoms with van der Waals surface area (Å²) in [4.78, 5) is 0.455. The SMILES string of the molecule is C=CC/C(=[C](/S(=O)(=O)c1ccc(C)cc1)[Sn]([CH2]CCC)([CH2]CCC)[CH2]CCC)c1ccccc1. The van der Waals surface area contributed by atoms with Gasteiger partial charge in [0.15, 0.2) is 0 Å². The molecule has 2 aromatic rings. The van der Waals surface area contributed by atoms with Gasteiger partial charge < -0.3 is 0 Å². The van der Waals surface area contributed by atoms with E-state index in [0.717, 1.165) is 71.5 Å². The van der Waals surface area contributed by atoms with Crippen LogP contribution in [0.1, 0.15) is 76.8 Å². The topological polar surface area (TPSA) is 34.1 Å². The predicted octanol–water partition coefficient (Wildman–Crippen LogP) is 9.14. The second-order valence-corrected chi connectivity index (χ2v) is 25.5. The van der Waals surface area contributed by atoms with Gasteiger partial charge >= 0.3 is 214 Å². The fourth-order valence-corrected chi connectivity index (χ4v) is 30.2. The van der Waals surface area contributed by atoms with Crippen molar-refractivity contribution in [2.45, 2.75) is 90.8 Å². The van der Waals surface area contributed by atoms with Crippen LogP contribution in [0, 0.1) is 6.92 Å². The summed E-state index contributed by atoms with van der Waals surface area (Å²) < 4.78 is 33.4. The van der Waals surface area contributed by atoms with E-state index in [4.69, 9.17) is 0 Å². The third-order valence-corrected chi connectivity index (χ3v) is 28.6. The van der Waals surface area contributed by atoms with E-state index >= 15 is 0 Å². The van der Waals surface area contributed by atoms with Crippen LogP contribution in [-0.4, -0.2) is 26.8 Å². The van der Waals surface area contributed by atoms with Gasteiger partial charge in [-0.15, -0.1) is 0 Å². The second-order valence-electron chi connectivity index (χ2n) is 9.57. The molecule has 2 aromatic carbocycles. The van der Waals surface area contributed by atoms with Crippen LogP contribution in [-0.2, 0) is 9.84 Å². The van der Waals surface area contributed by atoms with Gasteiger partial charge in [0.1, 0.15) is 0 Å². The Morgan fingerprint density at radius 3 is 1.76 bits per heavy atom. The molecule has 0 atom stereocenters. The first-order valence-corrected chi connectivity index (χ1v) is 22.0. The van der Waals surface area contributed by atoms with Gasteiger partial charge in [-0.1, -0.05) is 0 Å². The molecule has 0 fully saturated rings. The quantitative estimate of drug-likeness (QED) is 0.154. The predicted molar refractivity (Wildman–Crippen MR) is 151 cm³/mol. The van der Waals surface area contributed by atoms with E-state index in [9.17, 15) is 8.42 Å². The molecule has 0 aliphatic carbocycles. The van der Waals surface area contributed by atoms with Gasteiger partial charge in [0, 0.05) is 0 Å². The zero-order valence-corrected chi connectivity index (χ0v) is 25.4. The van der Waals surface area contributed by atoms with Crippen LogP contribution in [0.2, 0.25) is 13.3 Å². The first kappa shape index (κ1) is 28.9. The number of unbranched alkanes of at least 4 members (excludes halogenated alkanes) is 3. The molecule has 0 aliphatic heterocycles. The summed E-state index contributed by atoms with van der Waals surface area (Å²) in [6.07, 6.45) is 9.16. The second kappa shape index (κ2) is 14.3. The average Bonchev–Trinajstić information content (AvgIpc) is 2.85. The molecular weight excluding hydrogens is 543 g/mol. The van der Waals surface area contributed by atoms with Crippen molar-refractivity contribution in [3.8, 4) is 0 Å². The molecular formula is C30H44O2SSn. The molecule has 0 heterocycles. The Bertz CT molecular complexity index is 999. The van der Waals surface area contributed by atoms with Gasteiger partial charge in [-0.2, -0.15) is 0 Å². The van der Waals surface area contributed by atoms with E-state index in [1.807, 2.05) is 55.5 Å². The van der Waals surface area contributed by atoms with E-state index in [2.05, 4.69) is 39.5 Å². The number of benzene rings is 2. The van der Waals surface area contributed by atoms with Crippen molar-refractivity contribution in [2.75, 3.05) is 0 Å². The first-order chi connectivity index (χ1) is 16.4. The first-order valence-electron chi connectivity index (χ1n) is 13.1. The van der Waals surface area contributed by atoms with Crippen molar-refractivity contribution in [1.82, 2.24) is 0 Å². The van der Waals surface area contributed by atoms with Crippen LogP contribution < -0.4 is 0 Å². The molecule has 0 spiro atoms. The fraction of sp³-hybridized carbons (Fsp3) is 0.467. The summed E-state index contributed by atoms with van der Waals surface area (Å²) in [7, 11) is -3.61. The van der Waals surface area contributed by atoms with Gasteiger partial charge in [0.05, 0.1) is 0 Å². The molecule has 0 saturated carbocycles. The number of hydrogen-bond donors (Lipinski definition) is 0. The Kier molecular flexibility index (Phi) is 12.1. The van der Waals surface area contributed by atoms with Crippen molar-refractivity contribution in [1.29, 1.82) is 0 Å². The van der Waals surface area contributed by atoms with Crippen LogP contribution in [0.5, 0.6) is 0 Å². The van der Waals surface area contributed by atoms with E-state index in [1.54, 1.807) is 0 Å². The molecule has 0 saturated heterocycles. The summed E-state index contributed by atoms with van der Waals surface area (Å²) >= 11 is -3.37. The van der Waals surface area contributed by atoms with Crippen LogP contribution >= 0.6 is 0 Å². The molecule has 0 amide bonds. The molecule has 0 bridgehead atoms. The van der Waals surface area contributed by atoms with Crippen LogP contribution in [0.15, 0.2) is 75.1 Å². The molecule has 2 nitrogen and oxygen atoms in total. The Balaban J connectivity index is 2.97. The number of allylic oxidation sites excluding steroid dienone is 2. The minimum atomic E-state index is -3.61. The van der Waals surface area contributed by atoms with Crippen LogP contribution in [0.25, 0.3) is 5.57 Å². The van der Waals surface area contributed by atoms with Gasteiger partial charge in [-0.25, -0.2) is 0 Å². The van der Waals surface area contributed by atoms with Crippen molar-refractivity contribution in [3.63, 3.8) is 0 Å². The minimum absolute atomic E-state index is 0.455. The normalized spacial score (nSPS) is 12.9. The zero-order chi connectivity index (χ0) is 25.0. The Hall–Kier alpha value is -1.33. The van der Waals surface area contributed by atoms with Crippen molar-refractivity contribution in [2.24, 2.45) is 0 Å². The Labute approximate surface area is 213 Å². The third kappa shape index (κ3) is 7.33. The Morgan fingerprint density at radius 2 is 1.32 bits per heavy atom. The monoisotopic (exact) mass is 588 g/mol. The van der Waals surface area contributed by atoms with Gasteiger partial charge in [-0.05, 0) is 0 Å². The number of aryl methyl sites for hydroxylation is 1. The maximum absolute atomic E-state index is 14.6. The number of rotatable bonds is 15. The van der Waals surface area contributed by atoms with E-state index < -0.39 is 28.2 Å². The maximum atomic E-state index is 14.6. The fourth-order valence-electron chi connectivity index (χ4n) is 4.99. The van der Waals surface area contributed by atoms with Gasteiger partial charge in [-0.3, -0.25) is 0 Å². The van der Waals surface area contributed by atoms with Gasteiger partial charge in [0.2, 0.25) is 0 Å². The molecule has 2 rings (SSSR count). The summed E-state index contributed by atoms with van der Waals surface area (Å²) in [5, 5.41) is 0. The molecule has 34 heavy (non-hydrogen) atoms. The molecule has 0 radical (unpaired) electrons. The van der Waals surface area contributed by atoms with Gasteiger partial charge in [0.25, 0.3) is 0 Å². The molecule has 0 aromatic heterocycles. The molecule has 4 heteroatoms. The van der Waals surface area contributed by atoms with Crippen LogP contribution in [0.3, 0.4) is 0 Å². The summed E-state index contributed by atoms with van der Waals surface area (Å²) in [5.74, 6) is 0. The zero-order valence-electron chi connectivity index (χ0n) is 21.8. The van der Waals surface area contributed by atoms with Crippen molar-refractivity contribution < 1.29 is 8.42 Å². The molecule has 0 aliphatic rings. The Morgan fingerprint density at radius 1 is 0.824 bits per heavy atom. The standard InChI is InChI=1S/C18H17O2S.3C4H9.Sn/c1-3-7-17(16-8-5-4-6-9-16)14-21(19,20)18-12-10-15(2)11-13-18;3*1-3-4-2;/h3-6,8-13H,1,7H2,2H3;3*1,3-4H2,2H3;. The summed E-state index contributed by atoms with van der Waals surface area (Å²) in [6.45, 7) is 12.7. The van der Waals surface area contributed by atoms with Crippen LogP contribution in [0.4, 0.5) is 0 Å². The number of hydrogen-bond acceptors (Lipinski definition) is 2. The molecule has 0 unspecified atom stereocenters. The van der Waals surface area contributed by atoms with Crippen molar-refractivity contribution in [3.05, 3.63) is 81.3 Å². The molecule has 0 N–H and O–H groups in total. The number of sulfone groups is 1. The average molecular weight is 587 g/mol.